The third-order valence-corrected chi connectivity index (χ3v) is 3.78. The number of amides is 2. The SMILES string of the molecule is O=C(NCCCNC(=O)c1cccs1)c1cc(F)c(F)c(F)c1. The van der Waals surface area contributed by atoms with Crippen LogP contribution in [0.2, 0.25) is 0 Å². The summed E-state index contributed by atoms with van der Waals surface area (Å²) >= 11 is 1.32. The topological polar surface area (TPSA) is 58.2 Å². The molecule has 0 aliphatic carbocycles. The number of thiophene rings is 1. The molecule has 8 heteroatoms. The van der Waals surface area contributed by atoms with E-state index < -0.39 is 23.4 Å². The van der Waals surface area contributed by atoms with E-state index in [1.807, 2.05) is 0 Å². The normalized spacial score (nSPS) is 10.4. The number of nitrogens with one attached hydrogen (secondary N) is 2. The molecule has 0 aliphatic heterocycles. The third kappa shape index (κ3) is 4.56. The first-order valence-corrected chi connectivity index (χ1v) is 7.61. The Bertz CT molecular complexity index is 682. The van der Waals surface area contributed by atoms with Crippen molar-refractivity contribution in [2.24, 2.45) is 0 Å². The average molecular weight is 342 g/mol. The zero-order chi connectivity index (χ0) is 16.8. The van der Waals surface area contributed by atoms with Crippen molar-refractivity contribution < 1.29 is 22.8 Å². The Morgan fingerprint density at radius 2 is 1.61 bits per heavy atom. The summed E-state index contributed by atoms with van der Waals surface area (Å²) in [5.41, 5.74) is -0.302. The summed E-state index contributed by atoms with van der Waals surface area (Å²) < 4.78 is 38.8. The number of benzene rings is 1. The van der Waals surface area contributed by atoms with Crippen LogP contribution in [0.15, 0.2) is 29.6 Å². The van der Waals surface area contributed by atoms with Gasteiger partial charge in [-0.2, -0.15) is 0 Å². The van der Waals surface area contributed by atoms with Gasteiger partial charge in [-0.3, -0.25) is 9.59 Å². The number of hydrogen-bond donors (Lipinski definition) is 2. The van der Waals surface area contributed by atoms with Crippen LogP contribution in [0.1, 0.15) is 26.5 Å². The minimum Gasteiger partial charge on any atom is -0.352 e. The average Bonchev–Trinajstić information content (AvgIpc) is 3.05. The van der Waals surface area contributed by atoms with E-state index >= 15 is 0 Å². The van der Waals surface area contributed by atoms with Crippen LogP contribution in [-0.2, 0) is 0 Å². The summed E-state index contributed by atoms with van der Waals surface area (Å²) in [5, 5.41) is 6.90. The highest BCUT2D eigenvalue weighted by Gasteiger charge is 2.14. The molecule has 0 radical (unpaired) electrons. The maximum atomic E-state index is 13.0. The summed E-state index contributed by atoms with van der Waals surface area (Å²) in [6.07, 6.45) is 0.439. The molecule has 122 valence electrons. The van der Waals surface area contributed by atoms with E-state index in [2.05, 4.69) is 10.6 Å². The summed E-state index contributed by atoms with van der Waals surface area (Å²) in [4.78, 5) is 23.9. The standard InChI is InChI=1S/C15H13F3N2O2S/c16-10-7-9(8-11(17)13(10)18)14(21)19-4-2-5-20-15(22)12-3-1-6-23-12/h1,3,6-8H,2,4-5H2,(H,19,21)(H,20,22). The lowest BCUT2D eigenvalue weighted by Crippen LogP contribution is -2.29. The second kappa shape index (κ2) is 7.77. The van der Waals surface area contributed by atoms with Crippen molar-refractivity contribution in [3.8, 4) is 0 Å². The number of hydrogen-bond acceptors (Lipinski definition) is 3. The summed E-state index contributed by atoms with van der Waals surface area (Å²) in [5.74, 6) is -5.36. The van der Waals surface area contributed by atoms with Gasteiger partial charge in [0.15, 0.2) is 17.5 Å². The van der Waals surface area contributed by atoms with Crippen LogP contribution in [0.25, 0.3) is 0 Å². The summed E-state index contributed by atoms with van der Waals surface area (Å²) in [6.45, 7) is 0.535. The molecule has 1 aromatic heterocycles. The van der Waals surface area contributed by atoms with Crippen LogP contribution >= 0.6 is 11.3 Å². The highest BCUT2D eigenvalue weighted by Crippen LogP contribution is 2.13. The molecule has 0 unspecified atom stereocenters. The van der Waals surface area contributed by atoms with Gasteiger partial charge in [-0.05, 0) is 30.0 Å². The maximum Gasteiger partial charge on any atom is 0.261 e. The predicted molar refractivity (Wildman–Crippen MR) is 79.9 cm³/mol. The largest absolute Gasteiger partial charge is 0.352 e. The molecular formula is C15H13F3N2O2S. The smallest absolute Gasteiger partial charge is 0.261 e. The van der Waals surface area contributed by atoms with E-state index in [9.17, 15) is 22.8 Å². The Labute approximate surface area is 134 Å². The molecule has 0 aliphatic rings. The lowest BCUT2D eigenvalue weighted by molar-refractivity contribution is 0.0951. The Kier molecular flexibility index (Phi) is 5.75. The minimum absolute atomic E-state index is 0.199. The second-order valence-electron chi connectivity index (χ2n) is 4.60. The first kappa shape index (κ1) is 17.0. The molecule has 2 aromatic rings. The van der Waals surface area contributed by atoms with E-state index in [1.165, 1.54) is 11.3 Å². The fourth-order valence-electron chi connectivity index (χ4n) is 1.78. The molecular weight excluding hydrogens is 329 g/mol. The minimum atomic E-state index is -1.61. The number of carbonyl (C=O) groups is 2. The molecule has 1 aromatic carbocycles. The molecule has 0 saturated heterocycles. The van der Waals surface area contributed by atoms with Crippen molar-refractivity contribution in [3.63, 3.8) is 0 Å². The van der Waals surface area contributed by atoms with Crippen molar-refractivity contribution in [2.45, 2.75) is 6.42 Å². The maximum absolute atomic E-state index is 13.0. The van der Waals surface area contributed by atoms with Crippen LogP contribution in [-0.4, -0.2) is 24.9 Å². The van der Waals surface area contributed by atoms with Gasteiger partial charge in [-0.15, -0.1) is 11.3 Å². The number of carbonyl (C=O) groups excluding carboxylic acids is 2. The van der Waals surface area contributed by atoms with Crippen LogP contribution in [0.3, 0.4) is 0 Å². The zero-order valence-electron chi connectivity index (χ0n) is 11.9. The van der Waals surface area contributed by atoms with E-state index in [0.29, 0.717) is 30.0 Å². The molecule has 23 heavy (non-hydrogen) atoms. The Morgan fingerprint density at radius 1 is 1.00 bits per heavy atom. The highest BCUT2D eigenvalue weighted by atomic mass is 32.1. The first-order valence-electron chi connectivity index (χ1n) is 6.73. The van der Waals surface area contributed by atoms with E-state index in [0.717, 1.165) is 0 Å². The van der Waals surface area contributed by atoms with Gasteiger partial charge in [-0.1, -0.05) is 6.07 Å². The molecule has 2 N–H and O–H groups in total. The Hall–Kier alpha value is -2.35. The monoisotopic (exact) mass is 342 g/mol. The van der Waals surface area contributed by atoms with Gasteiger partial charge in [0.2, 0.25) is 0 Å². The fraction of sp³-hybridized carbons (Fsp3) is 0.200. The Morgan fingerprint density at radius 3 is 2.17 bits per heavy atom. The van der Waals surface area contributed by atoms with E-state index in [4.69, 9.17) is 0 Å². The molecule has 1 heterocycles. The van der Waals surface area contributed by atoms with Gasteiger partial charge in [0, 0.05) is 18.7 Å². The third-order valence-electron chi connectivity index (χ3n) is 2.92. The van der Waals surface area contributed by atoms with Crippen molar-refractivity contribution in [3.05, 3.63) is 57.5 Å². The zero-order valence-corrected chi connectivity index (χ0v) is 12.7. The molecule has 0 fully saturated rings. The van der Waals surface area contributed by atoms with Crippen LogP contribution in [0.5, 0.6) is 0 Å². The lowest BCUT2D eigenvalue weighted by Gasteiger charge is -2.07. The van der Waals surface area contributed by atoms with E-state index in [-0.39, 0.29) is 18.0 Å². The fourth-order valence-corrected chi connectivity index (χ4v) is 2.42. The van der Waals surface area contributed by atoms with Crippen molar-refractivity contribution in [1.29, 1.82) is 0 Å². The van der Waals surface area contributed by atoms with Gasteiger partial charge in [-0.25, -0.2) is 13.2 Å². The first-order chi connectivity index (χ1) is 11.0. The van der Waals surface area contributed by atoms with Crippen LogP contribution in [0.4, 0.5) is 13.2 Å². The molecule has 2 amide bonds. The van der Waals surface area contributed by atoms with Crippen LogP contribution in [0, 0.1) is 17.5 Å². The quantitative estimate of drug-likeness (QED) is 0.626. The van der Waals surface area contributed by atoms with Gasteiger partial charge in [0.05, 0.1) is 4.88 Å². The number of rotatable bonds is 6. The van der Waals surface area contributed by atoms with Crippen molar-refractivity contribution in [1.82, 2.24) is 10.6 Å². The second-order valence-corrected chi connectivity index (χ2v) is 5.54. The van der Waals surface area contributed by atoms with Crippen LogP contribution < -0.4 is 10.6 Å². The molecule has 0 saturated carbocycles. The van der Waals surface area contributed by atoms with Gasteiger partial charge in [0.1, 0.15) is 0 Å². The Balaban J connectivity index is 1.74. The van der Waals surface area contributed by atoms with Gasteiger partial charge in [0.25, 0.3) is 11.8 Å². The summed E-state index contributed by atoms with van der Waals surface area (Å²) in [7, 11) is 0. The molecule has 2 rings (SSSR count). The van der Waals surface area contributed by atoms with Crippen molar-refractivity contribution in [2.75, 3.05) is 13.1 Å². The van der Waals surface area contributed by atoms with E-state index in [1.54, 1.807) is 17.5 Å². The summed E-state index contributed by atoms with van der Waals surface area (Å²) in [6, 6.07) is 4.72. The molecule has 4 nitrogen and oxygen atoms in total. The molecule has 0 spiro atoms. The van der Waals surface area contributed by atoms with Crippen molar-refractivity contribution >= 4 is 23.2 Å². The number of halogens is 3. The van der Waals surface area contributed by atoms with Gasteiger partial charge < -0.3 is 10.6 Å². The van der Waals surface area contributed by atoms with Gasteiger partial charge >= 0.3 is 0 Å². The molecule has 0 atom stereocenters. The lowest BCUT2D eigenvalue weighted by atomic mass is 10.2. The highest BCUT2D eigenvalue weighted by molar-refractivity contribution is 7.12. The predicted octanol–water partition coefficient (Wildman–Crippen LogP) is 2.72. The molecule has 0 bridgehead atoms.